The molecule has 1 rings (SSSR count). The normalized spacial score (nSPS) is 12.9. The molecule has 1 aromatic rings. The molecule has 0 bridgehead atoms. The minimum absolute atomic E-state index is 0.184. The number of carbonyl (C=O) groups is 1. The number of aromatic nitrogens is 3. The molecule has 0 aliphatic rings. The Balaban J connectivity index is 2.47. The molecule has 6 heteroatoms. The van der Waals surface area contributed by atoms with E-state index in [4.69, 9.17) is 5.11 Å². The predicted octanol–water partition coefficient (Wildman–Crippen LogP) is 1.10. The lowest BCUT2D eigenvalue weighted by atomic mass is 9.88. The van der Waals surface area contributed by atoms with Crippen molar-refractivity contribution in [2.24, 2.45) is 11.8 Å². The van der Waals surface area contributed by atoms with Crippen LogP contribution in [0, 0.1) is 11.8 Å². The zero-order chi connectivity index (χ0) is 12.8. The molecule has 0 saturated carbocycles. The second kappa shape index (κ2) is 6.22. The zero-order valence-corrected chi connectivity index (χ0v) is 10.2. The number of nitrogens with one attached hydrogen (secondary N) is 1. The summed E-state index contributed by atoms with van der Waals surface area (Å²) in [6.07, 6.45) is 3.10. The second-order valence-corrected chi connectivity index (χ2v) is 4.58. The number of hydrogen-bond acceptors (Lipinski definition) is 3. The van der Waals surface area contributed by atoms with Crippen molar-refractivity contribution in [2.75, 3.05) is 0 Å². The minimum atomic E-state index is -0.767. The first-order chi connectivity index (χ1) is 8.00. The second-order valence-electron chi connectivity index (χ2n) is 4.58. The van der Waals surface area contributed by atoms with Crippen molar-refractivity contribution in [3.8, 4) is 0 Å². The Morgan fingerprint density at radius 1 is 1.53 bits per heavy atom. The highest BCUT2D eigenvalue weighted by Crippen LogP contribution is 2.21. The van der Waals surface area contributed by atoms with Gasteiger partial charge in [-0.1, -0.05) is 13.8 Å². The standard InChI is InChI=1S/C11H19N3O3/c1-8(2)9(3-4-10(15)16)5-6-14-7-12-13-11(14)17/h7-9H,3-6H2,1-2H3,(H,13,17)(H,15,16). The highest BCUT2D eigenvalue weighted by molar-refractivity contribution is 5.66. The van der Waals surface area contributed by atoms with Gasteiger partial charge in [0.05, 0.1) is 0 Å². The SMILES string of the molecule is CC(C)C(CCC(=O)O)CCn1cn[nH]c1=O. The summed E-state index contributed by atoms with van der Waals surface area (Å²) in [5, 5.41) is 14.7. The third-order valence-corrected chi connectivity index (χ3v) is 3.03. The Morgan fingerprint density at radius 3 is 2.71 bits per heavy atom. The number of carboxylic acids is 1. The molecule has 6 nitrogen and oxygen atoms in total. The fourth-order valence-electron chi connectivity index (χ4n) is 1.85. The van der Waals surface area contributed by atoms with Crippen LogP contribution in [0.5, 0.6) is 0 Å². The fourth-order valence-corrected chi connectivity index (χ4v) is 1.85. The molecular weight excluding hydrogens is 222 g/mol. The third-order valence-electron chi connectivity index (χ3n) is 3.03. The number of aliphatic carboxylic acids is 1. The maximum atomic E-state index is 11.2. The van der Waals surface area contributed by atoms with Gasteiger partial charge >= 0.3 is 11.7 Å². The number of H-pyrrole nitrogens is 1. The maximum absolute atomic E-state index is 11.2. The van der Waals surface area contributed by atoms with Crippen LogP contribution in [0.1, 0.15) is 33.1 Å². The summed E-state index contributed by atoms with van der Waals surface area (Å²) in [7, 11) is 0. The van der Waals surface area contributed by atoms with E-state index in [-0.39, 0.29) is 12.1 Å². The van der Waals surface area contributed by atoms with Crippen LogP contribution in [-0.4, -0.2) is 25.8 Å². The molecule has 0 aliphatic heterocycles. The number of aryl methyl sites for hydroxylation is 1. The monoisotopic (exact) mass is 241 g/mol. The van der Waals surface area contributed by atoms with Crippen LogP contribution in [0.2, 0.25) is 0 Å². The molecule has 2 N–H and O–H groups in total. The molecule has 0 aliphatic carbocycles. The Labute approximate surface area is 99.7 Å². The predicted molar refractivity (Wildman–Crippen MR) is 62.7 cm³/mol. The molecule has 96 valence electrons. The minimum Gasteiger partial charge on any atom is -0.481 e. The van der Waals surface area contributed by atoms with Crippen molar-refractivity contribution < 1.29 is 9.90 Å². The molecule has 1 heterocycles. The molecule has 17 heavy (non-hydrogen) atoms. The fraction of sp³-hybridized carbons (Fsp3) is 0.727. The number of nitrogens with zero attached hydrogens (tertiary/aromatic N) is 2. The topological polar surface area (TPSA) is 88.0 Å². The Kier molecular flexibility index (Phi) is 4.93. The van der Waals surface area contributed by atoms with Crippen LogP contribution in [0.25, 0.3) is 0 Å². The van der Waals surface area contributed by atoms with Gasteiger partial charge in [-0.3, -0.25) is 9.36 Å². The molecule has 0 aromatic carbocycles. The van der Waals surface area contributed by atoms with E-state index in [9.17, 15) is 9.59 Å². The third kappa shape index (κ3) is 4.42. The van der Waals surface area contributed by atoms with Crippen molar-refractivity contribution in [1.82, 2.24) is 14.8 Å². The van der Waals surface area contributed by atoms with Gasteiger partial charge in [-0.2, -0.15) is 5.10 Å². The summed E-state index contributed by atoms with van der Waals surface area (Å²) >= 11 is 0. The van der Waals surface area contributed by atoms with Crippen LogP contribution < -0.4 is 5.69 Å². The number of carboxylic acid groups (broad SMARTS) is 1. The van der Waals surface area contributed by atoms with Crippen LogP contribution in [0.4, 0.5) is 0 Å². The number of hydrogen-bond donors (Lipinski definition) is 2. The van der Waals surface area contributed by atoms with E-state index in [0.29, 0.717) is 24.8 Å². The Hall–Kier alpha value is -1.59. The van der Waals surface area contributed by atoms with Gasteiger partial charge in [-0.25, -0.2) is 9.89 Å². The largest absolute Gasteiger partial charge is 0.481 e. The molecular formula is C11H19N3O3. The van der Waals surface area contributed by atoms with E-state index in [1.807, 2.05) is 0 Å². The molecule has 0 amide bonds. The average molecular weight is 241 g/mol. The molecule has 0 radical (unpaired) electrons. The van der Waals surface area contributed by atoms with Crippen molar-refractivity contribution in [2.45, 2.75) is 39.7 Å². The van der Waals surface area contributed by atoms with E-state index < -0.39 is 5.97 Å². The molecule has 1 aromatic heterocycles. The first-order valence-electron chi connectivity index (χ1n) is 5.82. The van der Waals surface area contributed by atoms with Gasteiger partial charge in [0, 0.05) is 13.0 Å². The quantitative estimate of drug-likeness (QED) is 0.748. The van der Waals surface area contributed by atoms with E-state index in [1.54, 1.807) is 0 Å². The van der Waals surface area contributed by atoms with Crippen LogP contribution >= 0.6 is 0 Å². The number of aromatic amines is 1. The van der Waals surface area contributed by atoms with Gasteiger partial charge in [0.15, 0.2) is 0 Å². The summed E-state index contributed by atoms with van der Waals surface area (Å²) in [4.78, 5) is 21.8. The van der Waals surface area contributed by atoms with Crippen LogP contribution in [0.3, 0.4) is 0 Å². The molecule has 1 atom stereocenters. The van der Waals surface area contributed by atoms with E-state index in [0.717, 1.165) is 6.42 Å². The summed E-state index contributed by atoms with van der Waals surface area (Å²) in [6.45, 7) is 4.73. The lowest BCUT2D eigenvalue weighted by Gasteiger charge is -2.19. The van der Waals surface area contributed by atoms with Crippen molar-refractivity contribution in [3.05, 3.63) is 16.8 Å². The van der Waals surface area contributed by atoms with Crippen molar-refractivity contribution in [3.63, 3.8) is 0 Å². The lowest BCUT2D eigenvalue weighted by Crippen LogP contribution is -2.20. The molecule has 0 saturated heterocycles. The molecule has 0 fully saturated rings. The van der Waals surface area contributed by atoms with Gasteiger partial charge in [0.25, 0.3) is 0 Å². The van der Waals surface area contributed by atoms with Crippen LogP contribution in [-0.2, 0) is 11.3 Å². The first kappa shape index (κ1) is 13.5. The van der Waals surface area contributed by atoms with Crippen molar-refractivity contribution in [1.29, 1.82) is 0 Å². The van der Waals surface area contributed by atoms with Gasteiger partial charge < -0.3 is 5.11 Å². The number of rotatable bonds is 7. The summed E-state index contributed by atoms with van der Waals surface area (Å²) in [5.41, 5.74) is -0.217. The van der Waals surface area contributed by atoms with E-state index >= 15 is 0 Å². The summed E-state index contributed by atoms with van der Waals surface area (Å²) in [5.74, 6) is -0.0408. The average Bonchev–Trinajstić information content (AvgIpc) is 2.63. The highest BCUT2D eigenvalue weighted by atomic mass is 16.4. The first-order valence-corrected chi connectivity index (χ1v) is 5.82. The van der Waals surface area contributed by atoms with Gasteiger partial charge in [0.1, 0.15) is 6.33 Å². The van der Waals surface area contributed by atoms with E-state index in [2.05, 4.69) is 24.0 Å². The maximum Gasteiger partial charge on any atom is 0.343 e. The molecule has 1 unspecified atom stereocenters. The van der Waals surface area contributed by atoms with Gasteiger partial charge in [-0.15, -0.1) is 0 Å². The highest BCUT2D eigenvalue weighted by Gasteiger charge is 2.15. The van der Waals surface area contributed by atoms with Gasteiger partial charge in [-0.05, 0) is 24.7 Å². The summed E-state index contributed by atoms with van der Waals surface area (Å²) in [6, 6.07) is 0. The smallest absolute Gasteiger partial charge is 0.343 e. The van der Waals surface area contributed by atoms with E-state index in [1.165, 1.54) is 10.9 Å². The summed E-state index contributed by atoms with van der Waals surface area (Å²) < 4.78 is 1.51. The van der Waals surface area contributed by atoms with Crippen molar-refractivity contribution >= 4 is 5.97 Å². The van der Waals surface area contributed by atoms with Crippen LogP contribution in [0.15, 0.2) is 11.1 Å². The molecule has 0 spiro atoms. The lowest BCUT2D eigenvalue weighted by molar-refractivity contribution is -0.137. The Bertz CT molecular complexity index is 408. The Morgan fingerprint density at radius 2 is 2.24 bits per heavy atom. The zero-order valence-electron chi connectivity index (χ0n) is 10.2. The van der Waals surface area contributed by atoms with Gasteiger partial charge in [0.2, 0.25) is 0 Å².